The molecule has 0 N–H and O–H groups in total. The van der Waals surface area contributed by atoms with Crippen LogP contribution < -0.4 is 4.74 Å². The number of nitro benzene ring substituents is 1. The maximum atomic E-state index is 13.4. The Morgan fingerprint density at radius 3 is 2.44 bits per heavy atom. The van der Waals surface area contributed by atoms with E-state index < -0.39 is 22.6 Å². The average molecular weight is 351 g/mol. The van der Waals surface area contributed by atoms with E-state index >= 15 is 0 Å². The molecule has 0 spiro atoms. The van der Waals surface area contributed by atoms with Gasteiger partial charge in [-0.2, -0.15) is 13.2 Å². The van der Waals surface area contributed by atoms with Crippen LogP contribution in [-0.2, 0) is 12.7 Å². The number of methoxy groups -OCH3 is 1. The Bertz CT molecular complexity index is 933. The standard InChI is InChI=1S/C16H12F3N3O3/c1-25-11-7-5-10(6-8-11)9-21-12-3-2-4-13(22(23)24)14(12)20-15(21)16(17,18)19/h2-8H,9H2,1H3. The SMILES string of the molecule is COc1ccc(Cn2c(C(F)(F)F)nc3c([N+](=O)[O-])cccc32)cc1. The molecule has 3 aromatic rings. The molecule has 0 aliphatic carbocycles. The van der Waals surface area contributed by atoms with Crippen LogP contribution in [0.3, 0.4) is 0 Å². The van der Waals surface area contributed by atoms with Gasteiger partial charge in [0.05, 0.1) is 17.5 Å². The number of imidazole rings is 1. The van der Waals surface area contributed by atoms with E-state index in [1.807, 2.05) is 0 Å². The number of halogens is 3. The van der Waals surface area contributed by atoms with Crippen molar-refractivity contribution in [1.29, 1.82) is 0 Å². The first-order valence-corrected chi connectivity index (χ1v) is 7.15. The van der Waals surface area contributed by atoms with Gasteiger partial charge in [0.15, 0.2) is 5.52 Å². The summed E-state index contributed by atoms with van der Waals surface area (Å²) < 4.78 is 46.1. The number of ether oxygens (including phenoxy) is 1. The van der Waals surface area contributed by atoms with Gasteiger partial charge in [0.25, 0.3) is 5.69 Å². The number of rotatable bonds is 4. The summed E-state index contributed by atoms with van der Waals surface area (Å²) >= 11 is 0. The van der Waals surface area contributed by atoms with E-state index in [1.54, 1.807) is 24.3 Å². The van der Waals surface area contributed by atoms with Gasteiger partial charge >= 0.3 is 6.18 Å². The van der Waals surface area contributed by atoms with Crippen LogP contribution >= 0.6 is 0 Å². The molecule has 0 unspecified atom stereocenters. The zero-order valence-corrected chi connectivity index (χ0v) is 12.9. The minimum atomic E-state index is -4.74. The molecule has 0 aliphatic heterocycles. The zero-order valence-electron chi connectivity index (χ0n) is 12.9. The Morgan fingerprint density at radius 1 is 1.20 bits per heavy atom. The van der Waals surface area contributed by atoms with Crippen molar-refractivity contribution in [2.45, 2.75) is 12.7 Å². The topological polar surface area (TPSA) is 70.2 Å². The molecule has 9 heteroatoms. The van der Waals surface area contributed by atoms with Crippen LogP contribution in [0.1, 0.15) is 11.4 Å². The van der Waals surface area contributed by atoms with E-state index in [0.717, 1.165) is 10.6 Å². The van der Waals surface area contributed by atoms with E-state index in [0.29, 0.717) is 11.3 Å². The number of nitrogens with zero attached hydrogens (tertiary/aromatic N) is 3. The van der Waals surface area contributed by atoms with Crippen LogP contribution in [0.15, 0.2) is 42.5 Å². The van der Waals surface area contributed by atoms with Gasteiger partial charge in [-0.05, 0) is 23.8 Å². The largest absolute Gasteiger partial charge is 0.497 e. The fourth-order valence-corrected chi connectivity index (χ4v) is 2.57. The number of para-hydroxylation sites is 1. The number of hydrogen-bond acceptors (Lipinski definition) is 4. The van der Waals surface area contributed by atoms with Crippen molar-refractivity contribution in [1.82, 2.24) is 9.55 Å². The lowest BCUT2D eigenvalue weighted by Crippen LogP contribution is -2.15. The molecule has 6 nitrogen and oxygen atoms in total. The molecule has 0 saturated carbocycles. The number of benzene rings is 2. The van der Waals surface area contributed by atoms with Gasteiger partial charge in [-0.3, -0.25) is 10.1 Å². The van der Waals surface area contributed by atoms with Gasteiger partial charge in [0.2, 0.25) is 5.82 Å². The highest BCUT2D eigenvalue weighted by molar-refractivity contribution is 5.85. The summed E-state index contributed by atoms with van der Waals surface area (Å²) in [4.78, 5) is 13.8. The van der Waals surface area contributed by atoms with Crippen LogP contribution in [-0.4, -0.2) is 21.6 Å². The van der Waals surface area contributed by atoms with Gasteiger partial charge in [-0.1, -0.05) is 18.2 Å². The number of nitro groups is 1. The molecular formula is C16H12F3N3O3. The van der Waals surface area contributed by atoms with E-state index in [-0.39, 0.29) is 17.6 Å². The summed E-state index contributed by atoms with van der Waals surface area (Å²) in [6, 6.07) is 10.4. The van der Waals surface area contributed by atoms with Crippen molar-refractivity contribution in [2.75, 3.05) is 7.11 Å². The van der Waals surface area contributed by atoms with E-state index in [9.17, 15) is 23.3 Å². The van der Waals surface area contributed by atoms with Crippen molar-refractivity contribution in [3.05, 3.63) is 64.0 Å². The third-order valence-corrected chi connectivity index (χ3v) is 3.71. The number of aromatic nitrogens is 2. The molecule has 3 rings (SSSR count). The summed E-state index contributed by atoms with van der Waals surface area (Å²) in [7, 11) is 1.49. The summed E-state index contributed by atoms with van der Waals surface area (Å²) in [5.74, 6) is -0.599. The minimum Gasteiger partial charge on any atom is -0.497 e. The highest BCUT2D eigenvalue weighted by Gasteiger charge is 2.38. The Hall–Kier alpha value is -3.10. The van der Waals surface area contributed by atoms with E-state index in [4.69, 9.17) is 4.74 Å². The second kappa shape index (κ2) is 6.08. The van der Waals surface area contributed by atoms with Crippen LogP contribution in [0, 0.1) is 10.1 Å². The number of fused-ring (bicyclic) bond motifs is 1. The lowest BCUT2D eigenvalue weighted by Gasteiger charge is -2.12. The lowest BCUT2D eigenvalue weighted by molar-refractivity contribution is -0.383. The van der Waals surface area contributed by atoms with Crippen LogP contribution in [0.2, 0.25) is 0 Å². The normalized spacial score (nSPS) is 11.7. The summed E-state index contributed by atoms with van der Waals surface area (Å²) in [5, 5.41) is 11.1. The Labute approximate surface area is 139 Å². The third kappa shape index (κ3) is 3.12. The van der Waals surface area contributed by atoms with Crippen molar-refractivity contribution in [3.63, 3.8) is 0 Å². The van der Waals surface area contributed by atoms with Crippen molar-refractivity contribution in [3.8, 4) is 5.75 Å². The number of non-ortho nitro benzene ring substituents is 1. The number of hydrogen-bond donors (Lipinski definition) is 0. The predicted octanol–water partition coefficient (Wildman–Crippen LogP) is 4.02. The smallest absolute Gasteiger partial charge is 0.449 e. The zero-order chi connectivity index (χ0) is 18.2. The Balaban J connectivity index is 2.17. The lowest BCUT2D eigenvalue weighted by atomic mass is 10.2. The predicted molar refractivity (Wildman–Crippen MR) is 83.5 cm³/mol. The third-order valence-electron chi connectivity index (χ3n) is 3.71. The van der Waals surface area contributed by atoms with Gasteiger partial charge in [-0.15, -0.1) is 0 Å². The molecule has 0 saturated heterocycles. The second-order valence-electron chi connectivity index (χ2n) is 5.27. The molecule has 25 heavy (non-hydrogen) atoms. The molecule has 0 aliphatic rings. The number of alkyl halides is 3. The fourth-order valence-electron chi connectivity index (χ4n) is 2.57. The maximum absolute atomic E-state index is 13.4. The van der Waals surface area contributed by atoms with Gasteiger partial charge in [0, 0.05) is 12.6 Å². The molecule has 0 bridgehead atoms. The maximum Gasteiger partial charge on any atom is 0.449 e. The van der Waals surface area contributed by atoms with E-state index in [1.165, 1.54) is 19.2 Å². The summed E-state index contributed by atoms with van der Waals surface area (Å²) in [6.45, 7) is -0.128. The van der Waals surface area contributed by atoms with Crippen molar-refractivity contribution < 1.29 is 22.8 Å². The second-order valence-corrected chi connectivity index (χ2v) is 5.27. The minimum absolute atomic E-state index is 0.0531. The molecule has 2 aromatic carbocycles. The molecule has 0 fully saturated rings. The first-order chi connectivity index (χ1) is 11.8. The summed E-state index contributed by atoms with van der Waals surface area (Å²) in [5.41, 5.74) is -0.112. The van der Waals surface area contributed by atoms with Crippen LogP contribution in [0.5, 0.6) is 5.75 Å². The van der Waals surface area contributed by atoms with E-state index in [2.05, 4.69) is 4.98 Å². The Morgan fingerprint density at radius 2 is 1.88 bits per heavy atom. The summed E-state index contributed by atoms with van der Waals surface area (Å²) in [6.07, 6.45) is -4.74. The van der Waals surface area contributed by atoms with Gasteiger partial charge < -0.3 is 9.30 Å². The van der Waals surface area contributed by atoms with Crippen LogP contribution in [0.4, 0.5) is 18.9 Å². The molecule has 0 atom stereocenters. The fraction of sp³-hybridized carbons (Fsp3) is 0.188. The molecule has 0 radical (unpaired) electrons. The highest BCUT2D eigenvalue weighted by atomic mass is 19.4. The van der Waals surface area contributed by atoms with Crippen LogP contribution in [0.25, 0.3) is 11.0 Å². The molecular weight excluding hydrogens is 339 g/mol. The molecule has 1 heterocycles. The van der Waals surface area contributed by atoms with Gasteiger partial charge in [0.1, 0.15) is 5.75 Å². The monoisotopic (exact) mass is 351 g/mol. The van der Waals surface area contributed by atoms with Gasteiger partial charge in [-0.25, -0.2) is 4.98 Å². The average Bonchev–Trinajstić information content (AvgIpc) is 2.94. The Kier molecular flexibility index (Phi) is 4.07. The molecule has 1 aromatic heterocycles. The quantitative estimate of drug-likeness (QED) is 0.526. The first kappa shape index (κ1) is 16.7. The highest BCUT2D eigenvalue weighted by Crippen LogP contribution is 2.35. The van der Waals surface area contributed by atoms with Crippen molar-refractivity contribution in [2.24, 2.45) is 0 Å². The van der Waals surface area contributed by atoms with Crippen molar-refractivity contribution >= 4 is 16.7 Å². The molecule has 130 valence electrons. The molecule has 0 amide bonds. The first-order valence-electron chi connectivity index (χ1n) is 7.15.